The first kappa shape index (κ1) is 49.1. The molecule has 15 nitrogen and oxygen atoms in total. The summed E-state index contributed by atoms with van der Waals surface area (Å²) in [5.74, 6) is 1.71. The molecule has 67 heavy (non-hydrogen) atoms. The molecule has 358 valence electrons. The zero-order valence-electron chi connectivity index (χ0n) is 39.0. The second kappa shape index (κ2) is 19.8. The fourth-order valence-electron chi connectivity index (χ4n) is 9.35. The summed E-state index contributed by atoms with van der Waals surface area (Å²) in [4.78, 5) is 81.4. The number of nitrogens with zero attached hydrogens (tertiary/aromatic N) is 6. The molecule has 4 aromatic rings. The fraction of sp³-hybridized carbons (Fsp3) is 0.521. The number of cyclic esters (lactones) is 1. The molecule has 0 spiro atoms. The molecule has 7 rings (SSSR count). The highest BCUT2D eigenvalue weighted by molar-refractivity contribution is 7.10. The number of amides is 4. The number of pyridine rings is 1. The first-order chi connectivity index (χ1) is 31.7. The van der Waals surface area contributed by atoms with Gasteiger partial charge in [0.05, 0.1) is 46.2 Å². The van der Waals surface area contributed by atoms with E-state index in [1.165, 1.54) is 52.6 Å². The summed E-state index contributed by atoms with van der Waals surface area (Å²) in [5.41, 5.74) is 3.83. The number of nitrogens with one attached hydrogen (secondary N) is 2. The summed E-state index contributed by atoms with van der Waals surface area (Å²) >= 11 is 1.22. The summed E-state index contributed by atoms with van der Waals surface area (Å²) in [7, 11) is 3.00. The third-order valence-corrected chi connectivity index (χ3v) is 13.6. The van der Waals surface area contributed by atoms with Crippen molar-refractivity contribution in [2.45, 2.75) is 104 Å². The molecule has 3 aliphatic heterocycles. The number of thiazole rings is 1. The van der Waals surface area contributed by atoms with E-state index in [4.69, 9.17) is 14.5 Å². The number of rotatable bonds is 8. The Kier molecular flexibility index (Phi) is 14.5. The van der Waals surface area contributed by atoms with Gasteiger partial charge in [0.2, 0.25) is 11.8 Å². The Balaban J connectivity index is 1.29. The minimum Gasteiger partial charge on any atom is -0.464 e. The monoisotopic (exact) mass is 946 g/mol. The van der Waals surface area contributed by atoms with Crippen molar-refractivity contribution >= 4 is 51.8 Å². The molecular weight excluding hydrogens is 890 g/mol. The van der Waals surface area contributed by atoms with E-state index in [2.05, 4.69) is 27.6 Å². The maximum atomic E-state index is 15.5. The Morgan fingerprint density at radius 3 is 2.58 bits per heavy atom. The van der Waals surface area contributed by atoms with Crippen LogP contribution in [-0.4, -0.2) is 117 Å². The van der Waals surface area contributed by atoms with Crippen molar-refractivity contribution < 1.29 is 46.6 Å². The van der Waals surface area contributed by atoms with Crippen LogP contribution in [0.4, 0.5) is 13.2 Å². The number of carbonyl (C=O) groups is 5. The fourth-order valence-corrected chi connectivity index (χ4v) is 10.2. The number of likely N-dealkylation sites (tertiary alicyclic amines) is 1. The molecule has 2 N–H and O–H groups in total. The summed E-state index contributed by atoms with van der Waals surface area (Å²) in [6.07, 6.45) is -2.85. The molecule has 0 aliphatic carbocycles. The predicted molar refractivity (Wildman–Crippen MR) is 244 cm³/mol. The number of carbonyl (C=O) groups excluding carboxylic acids is 5. The van der Waals surface area contributed by atoms with E-state index >= 15 is 13.2 Å². The minimum absolute atomic E-state index is 0.0613. The number of methoxy groups -OCH3 is 1. The summed E-state index contributed by atoms with van der Waals surface area (Å²) in [6, 6.07) is 4.69. The molecule has 1 aromatic carbocycles. The predicted octanol–water partition coefficient (Wildman–Crippen LogP) is 6.01. The quantitative estimate of drug-likeness (QED) is 0.158. The van der Waals surface area contributed by atoms with Crippen LogP contribution in [0.25, 0.3) is 33.4 Å². The van der Waals surface area contributed by atoms with Gasteiger partial charge in [-0.05, 0) is 81.2 Å². The van der Waals surface area contributed by atoms with Crippen molar-refractivity contribution in [3.8, 4) is 34.4 Å². The Hall–Kier alpha value is -5.84. The van der Waals surface area contributed by atoms with E-state index < -0.39 is 65.6 Å². The number of ether oxygens (including phenoxy) is 2. The van der Waals surface area contributed by atoms with Gasteiger partial charge in [0.25, 0.3) is 11.8 Å². The van der Waals surface area contributed by atoms with Crippen molar-refractivity contribution in [3.63, 3.8) is 0 Å². The molecule has 5 atom stereocenters. The molecule has 0 saturated carbocycles. The zero-order chi connectivity index (χ0) is 48.5. The van der Waals surface area contributed by atoms with Crippen molar-refractivity contribution in [2.75, 3.05) is 40.4 Å². The topological polar surface area (TPSA) is 168 Å². The van der Waals surface area contributed by atoms with E-state index in [-0.39, 0.29) is 61.1 Å². The number of hydrazine groups is 1. The zero-order valence-corrected chi connectivity index (χ0v) is 39.8. The Morgan fingerprint density at radius 2 is 1.88 bits per heavy atom. The number of aromatic nitrogens is 3. The van der Waals surface area contributed by atoms with Crippen LogP contribution in [0.5, 0.6) is 0 Å². The number of halogens is 3. The Bertz CT molecular complexity index is 2620. The highest BCUT2D eigenvalue weighted by atomic mass is 32.1. The van der Waals surface area contributed by atoms with Gasteiger partial charge in [-0.3, -0.25) is 38.5 Å². The molecule has 6 heterocycles. The van der Waals surface area contributed by atoms with Gasteiger partial charge < -0.3 is 24.6 Å². The lowest BCUT2D eigenvalue weighted by Crippen LogP contribution is -2.62. The van der Waals surface area contributed by atoms with Gasteiger partial charge in [-0.25, -0.2) is 10.4 Å². The van der Waals surface area contributed by atoms with Crippen LogP contribution < -0.4 is 10.7 Å². The van der Waals surface area contributed by atoms with Crippen LogP contribution in [-0.2, 0) is 52.6 Å². The average Bonchev–Trinajstić information content (AvgIpc) is 4.05. The Labute approximate surface area is 391 Å². The van der Waals surface area contributed by atoms with E-state index in [0.717, 1.165) is 0 Å². The molecule has 2 saturated heterocycles. The number of fused-ring (bicyclic) bond motifs is 6. The number of esters is 1. The first-order valence-corrected chi connectivity index (χ1v) is 23.3. The lowest BCUT2D eigenvalue weighted by Gasteiger charge is -2.36. The van der Waals surface area contributed by atoms with Gasteiger partial charge >= 0.3 is 12.3 Å². The van der Waals surface area contributed by atoms with Gasteiger partial charge in [-0.2, -0.15) is 0 Å². The molecule has 3 aliphatic rings. The second-order valence-corrected chi connectivity index (χ2v) is 19.5. The van der Waals surface area contributed by atoms with Gasteiger partial charge in [-0.15, -0.1) is 24.5 Å². The third kappa shape index (κ3) is 10.4. The summed E-state index contributed by atoms with van der Waals surface area (Å²) < 4.78 is 58.4. The minimum atomic E-state index is -4.86. The first-order valence-electron chi connectivity index (χ1n) is 22.4. The SMILES string of the molecule is CC#CC(=O)N1CC[C@H](C(=O)N(C)C(C(=O)N[C@H]2Cc3nc(cs3)-c3ccc4c(c3)c(c(-c3cccnc3[C@H](C)OC)n4C(F)(F)F)CC(C)(C)COC(=O)[C@@H]3CCCN(N3)C2=O)C(C)C)C1. The summed E-state index contributed by atoms with van der Waals surface area (Å²) in [6.45, 7) is 11.1. The maximum absolute atomic E-state index is 15.5. The van der Waals surface area contributed by atoms with Crippen LogP contribution in [0.1, 0.15) is 83.2 Å². The van der Waals surface area contributed by atoms with Crippen LogP contribution in [0.15, 0.2) is 41.9 Å². The summed E-state index contributed by atoms with van der Waals surface area (Å²) in [5, 5.41) is 6.75. The van der Waals surface area contributed by atoms with Gasteiger partial charge in [-0.1, -0.05) is 39.7 Å². The van der Waals surface area contributed by atoms with Gasteiger partial charge in [0, 0.05) is 73.7 Å². The van der Waals surface area contributed by atoms with Crippen LogP contribution in [0, 0.1) is 29.1 Å². The lowest BCUT2D eigenvalue weighted by atomic mass is 9.84. The van der Waals surface area contributed by atoms with Crippen molar-refractivity contribution in [1.82, 2.24) is 40.1 Å². The maximum Gasteiger partial charge on any atom is 0.489 e. The molecule has 19 heteroatoms. The molecule has 1 unspecified atom stereocenters. The van der Waals surface area contributed by atoms with E-state index in [1.807, 2.05) is 13.8 Å². The third-order valence-electron chi connectivity index (χ3n) is 12.7. The molecule has 2 fully saturated rings. The Morgan fingerprint density at radius 1 is 1.12 bits per heavy atom. The van der Waals surface area contributed by atoms with E-state index in [9.17, 15) is 24.0 Å². The van der Waals surface area contributed by atoms with Gasteiger partial charge in [0.15, 0.2) is 0 Å². The standard InChI is InChI=1S/C48H57F3N8O7S/c1-9-12-39(60)57-20-17-30(24-57)44(62)56(7)41(27(2)3)43(61)54-35-22-38-53-36(25-67-38)29-15-16-37-32(21-29)33(23-47(5,6)26-66-46(64)34-14-11-19-58(55-34)45(35)63)42(59(37)48(49,50)51)31-13-10-18-52-40(31)28(4)65-8/h10,13,15-16,18,21,25,27-28,30,34-35,41,55H,11,14,17,19-20,22-24,26H2,1-8H3,(H,54,61)/t28-,30-,34-,35-,41?/m0/s1. The molecule has 0 radical (unpaired) electrons. The number of alkyl halides is 3. The number of hydrogen-bond acceptors (Lipinski definition) is 11. The van der Waals surface area contributed by atoms with Crippen molar-refractivity contribution in [1.29, 1.82) is 0 Å². The van der Waals surface area contributed by atoms with Crippen LogP contribution in [0.3, 0.4) is 0 Å². The average molecular weight is 947 g/mol. The highest BCUT2D eigenvalue weighted by Crippen LogP contribution is 2.45. The van der Waals surface area contributed by atoms with Crippen LogP contribution >= 0.6 is 11.3 Å². The van der Waals surface area contributed by atoms with Crippen LogP contribution in [0.2, 0.25) is 0 Å². The number of hydrogen-bond donors (Lipinski definition) is 2. The lowest BCUT2D eigenvalue weighted by molar-refractivity contribution is -0.199. The highest BCUT2D eigenvalue weighted by Gasteiger charge is 2.42. The largest absolute Gasteiger partial charge is 0.489 e. The van der Waals surface area contributed by atoms with E-state index in [0.29, 0.717) is 63.3 Å². The van der Waals surface area contributed by atoms with Crippen molar-refractivity contribution in [3.05, 3.63) is 58.2 Å². The number of benzene rings is 1. The molecular formula is C48H57F3N8O7S. The van der Waals surface area contributed by atoms with Gasteiger partial charge in [0.1, 0.15) is 18.1 Å². The normalized spacial score (nSPS) is 21.0. The second-order valence-electron chi connectivity index (χ2n) is 18.6. The van der Waals surface area contributed by atoms with E-state index in [1.54, 1.807) is 57.3 Å². The molecule has 6 bridgehead atoms. The molecule has 4 amide bonds. The smallest absolute Gasteiger partial charge is 0.464 e. The van der Waals surface area contributed by atoms with Crippen molar-refractivity contribution in [2.24, 2.45) is 17.3 Å². The number of likely N-dealkylation sites (N-methyl/N-ethyl adjacent to an activating group) is 1. The molecule has 3 aromatic heterocycles.